The lowest BCUT2D eigenvalue weighted by Crippen LogP contribution is -2.22. The Morgan fingerprint density at radius 2 is 1.71 bits per heavy atom. The van der Waals surface area contributed by atoms with E-state index in [0.717, 1.165) is 18.7 Å². The second-order valence-electron chi connectivity index (χ2n) is 3.68. The molecule has 0 radical (unpaired) electrons. The molecule has 17 heavy (non-hydrogen) atoms. The highest BCUT2D eigenvalue weighted by molar-refractivity contribution is 5.56. The van der Waals surface area contributed by atoms with Crippen molar-refractivity contribution in [3.05, 3.63) is 48.8 Å². The predicted octanol–water partition coefficient (Wildman–Crippen LogP) is 1.96. The van der Waals surface area contributed by atoms with Crippen LogP contribution in [-0.2, 0) is 0 Å². The molecular weight excluding hydrogens is 212 g/mol. The fraction of sp³-hybridized carbons (Fsp3) is 0.231. The summed E-state index contributed by atoms with van der Waals surface area (Å²) in [5.41, 5.74) is 6.66. The van der Waals surface area contributed by atoms with Crippen molar-refractivity contribution in [2.24, 2.45) is 5.73 Å². The molecule has 1 heterocycles. The van der Waals surface area contributed by atoms with Gasteiger partial charge in [-0.05, 0) is 31.2 Å². The zero-order valence-electron chi connectivity index (χ0n) is 9.66. The monoisotopic (exact) mass is 228 g/mol. The lowest BCUT2D eigenvalue weighted by Gasteiger charge is -2.22. The summed E-state index contributed by atoms with van der Waals surface area (Å²) in [6.07, 6.45) is 4.41. The van der Waals surface area contributed by atoms with E-state index in [1.54, 1.807) is 12.4 Å². The van der Waals surface area contributed by atoms with Crippen LogP contribution in [0.15, 0.2) is 48.8 Å². The van der Waals surface area contributed by atoms with Crippen molar-refractivity contribution >= 4 is 11.6 Å². The first kappa shape index (κ1) is 11.5. The number of nitrogens with two attached hydrogens (primary N) is 1. The Balaban J connectivity index is 2.26. The van der Waals surface area contributed by atoms with Crippen molar-refractivity contribution in [3.8, 4) is 0 Å². The van der Waals surface area contributed by atoms with Crippen LogP contribution in [0.5, 0.6) is 0 Å². The first-order valence-corrected chi connectivity index (χ1v) is 5.71. The summed E-state index contributed by atoms with van der Waals surface area (Å²) in [5.74, 6) is 0.715. The van der Waals surface area contributed by atoms with E-state index >= 15 is 0 Å². The molecule has 0 spiro atoms. The fourth-order valence-electron chi connectivity index (χ4n) is 1.63. The summed E-state index contributed by atoms with van der Waals surface area (Å²) in [6, 6.07) is 11.9. The van der Waals surface area contributed by atoms with Gasteiger partial charge < -0.3 is 10.6 Å². The van der Waals surface area contributed by atoms with Gasteiger partial charge in [0.05, 0.1) is 0 Å². The highest BCUT2D eigenvalue weighted by atomic mass is 15.2. The van der Waals surface area contributed by atoms with Gasteiger partial charge in [0.25, 0.3) is 0 Å². The maximum Gasteiger partial charge on any atom is 0.229 e. The van der Waals surface area contributed by atoms with E-state index in [1.807, 2.05) is 36.4 Å². The second-order valence-corrected chi connectivity index (χ2v) is 3.68. The topological polar surface area (TPSA) is 55.0 Å². The summed E-state index contributed by atoms with van der Waals surface area (Å²) in [4.78, 5) is 10.6. The number of para-hydroxylation sites is 1. The Labute approximate surface area is 101 Å². The summed E-state index contributed by atoms with van der Waals surface area (Å²) in [7, 11) is 0. The third-order valence-electron chi connectivity index (χ3n) is 2.45. The number of hydrogen-bond acceptors (Lipinski definition) is 4. The van der Waals surface area contributed by atoms with Crippen molar-refractivity contribution < 1.29 is 0 Å². The van der Waals surface area contributed by atoms with E-state index in [2.05, 4.69) is 14.9 Å². The normalized spacial score (nSPS) is 10.2. The number of aromatic nitrogens is 2. The van der Waals surface area contributed by atoms with E-state index < -0.39 is 0 Å². The Morgan fingerprint density at radius 1 is 1.00 bits per heavy atom. The molecule has 2 rings (SSSR count). The minimum Gasteiger partial charge on any atom is -0.330 e. The molecule has 0 aliphatic heterocycles. The molecule has 0 aliphatic rings. The van der Waals surface area contributed by atoms with Crippen LogP contribution in [0, 0.1) is 0 Å². The molecular formula is C13H16N4. The number of nitrogens with zero attached hydrogens (tertiary/aromatic N) is 3. The maximum atomic E-state index is 5.57. The van der Waals surface area contributed by atoms with E-state index in [4.69, 9.17) is 5.73 Å². The van der Waals surface area contributed by atoms with Crippen LogP contribution in [0.3, 0.4) is 0 Å². The quantitative estimate of drug-likeness (QED) is 0.850. The lowest BCUT2D eigenvalue weighted by atomic mass is 10.3. The average Bonchev–Trinajstić information content (AvgIpc) is 2.42. The SMILES string of the molecule is NCCCN(c1ccccc1)c1ncccn1. The van der Waals surface area contributed by atoms with Crippen LogP contribution < -0.4 is 10.6 Å². The Hall–Kier alpha value is -1.94. The first-order chi connectivity index (χ1) is 8.42. The van der Waals surface area contributed by atoms with Gasteiger partial charge in [-0.2, -0.15) is 0 Å². The molecule has 0 saturated carbocycles. The first-order valence-electron chi connectivity index (χ1n) is 5.71. The molecule has 2 N–H and O–H groups in total. The number of hydrogen-bond donors (Lipinski definition) is 1. The van der Waals surface area contributed by atoms with Crippen LogP contribution in [0.2, 0.25) is 0 Å². The van der Waals surface area contributed by atoms with Gasteiger partial charge in [-0.15, -0.1) is 0 Å². The highest BCUT2D eigenvalue weighted by Gasteiger charge is 2.10. The molecule has 1 aromatic carbocycles. The smallest absolute Gasteiger partial charge is 0.229 e. The molecule has 1 aromatic heterocycles. The van der Waals surface area contributed by atoms with Crippen molar-refractivity contribution in [1.82, 2.24) is 9.97 Å². The van der Waals surface area contributed by atoms with Gasteiger partial charge in [-0.25, -0.2) is 9.97 Å². The van der Waals surface area contributed by atoms with E-state index in [1.165, 1.54) is 0 Å². The predicted molar refractivity (Wildman–Crippen MR) is 69.2 cm³/mol. The van der Waals surface area contributed by atoms with E-state index in [9.17, 15) is 0 Å². The molecule has 88 valence electrons. The summed E-state index contributed by atoms with van der Waals surface area (Å²) in [5, 5.41) is 0. The summed E-state index contributed by atoms with van der Waals surface area (Å²) in [6.45, 7) is 1.49. The molecule has 0 amide bonds. The van der Waals surface area contributed by atoms with Gasteiger partial charge in [-0.1, -0.05) is 18.2 Å². The van der Waals surface area contributed by atoms with Crippen molar-refractivity contribution in [3.63, 3.8) is 0 Å². The summed E-state index contributed by atoms with van der Waals surface area (Å²) >= 11 is 0. The van der Waals surface area contributed by atoms with Gasteiger partial charge in [0.15, 0.2) is 0 Å². The molecule has 0 saturated heterocycles. The van der Waals surface area contributed by atoms with Crippen molar-refractivity contribution in [2.75, 3.05) is 18.0 Å². The largest absolute Gasteiger partial charge is 0.330 e. The lowest BCUT2D eigenvalue weighted by molar-refractivity contribution is 0.799. The number of anilines is 2. The van der Waals surface area contributed by atoms with Crippen molar-refractivity contribution in [2.45, 2.75) is 6.42 Å². The zero-order valence-corrected chi connectivity index (χ0v) is 9.66. The molecule has 0 atom stereocenters. The highest BCUT2D eigenvalue weighted by Crippen LogP contribution is 2.20. The molecule has 0 fully saturated rings. The molecule has 2 aromatic rings. The van der Waals surface area contributed by atoms with Gasteiger partial charge in [0.1, 0.15) is 0 Å². The number of benzene rings is 1. The van der Waals surface area contributed by atoms with E-state index in [0.29, 0.717) is 12.5 Å². The second kappa shape index (κ2) is 5.96. The molecule has 0 bridgehead atoms. The molecule has 4 heteroatoms. The fourth-order valence-corrected chi connectivity index (χ4v) is 1.63. The summed E-state index contributed by atoms with van der Waals surface area (Å²) < 4.78 is 0. The van der Waals surface area contributed by atoms with Gasteiger partial charge in [0, 0.05) is 24.6 Å². The standard InChI is InChI=1S/C13H16N4/c14-8-4-11-17(12-6-2-1-3-7-12)13-15-9-5-10-16-13/h1-3,5-7,9-10H,4,8,11,14H2. The van der Waals surface area contributed by atoms with Crippen LogP contribution in [0.4, 0.5) is 11.6 Å². The molecule has 0 unspecified atom stereocenters. The Bertz CT molecular complexity index is 390. The van der Waals surface area contributed by atoms with Gasteiger partial charge in [0.2, 0.25) is 5.95 Å². The molecule has 0 aliphatic carbocycles. The van der Waals surface area contributed by atoms with E-state index in [-0.39, 0.29) is 0 Å². The third-order valence-corrected chi connectivity index (χ3v) is 2.45. The minimum atomic E-state index is 0.663. The van der Waals surface area contributed by atoms with Crippen LogP contribution in [-0.4, -0.2) is 23.1 Å². The van der Waals surface area contributed by atoms with Crippen LogP contribution in [0.25, 0.3) is 0 Å². The Morgan fingerprint density at radius 3 is 2.35 bits per heavy atom. The van der Waals surface area contributed by atoms with Crippen molar-refractivity contribution in [1.29, 1.82) is 0 Å². The average molecular weight is 228 g/mol. The van der Waals surface area contributed by atoms with Crippen LogP contribution >= 0.6 is 0 Å². The van der Waals surface area contributed by atoms with Gasteiger partial charge in [-0.3, -0.25) is 0 Å². The molecule has 4 nitrogen and oxygen atoms in total. The minimum absolute atomic E-state index is 0.663. The van der Waals surface area contributed by atoms with Gasteiger partial charge >= 0.3 is 0 Å². The maximum absolute atomic E-state index is 5.57. The van der Waals surface area contributed by atoms with Crippen LogP contribution in [0.1, 0.15) is 6.42 Å². The zero-order chi connectivity index (χ0) is 11.9. The Kier molecular flexibility index (Phi) is 4.05. The third kappa shape index (κ3) is 3.01. The number of rotatable bonds is 5.